The molecule has 1 aromatic rings. The van der Waals surface area contributed by atoms with Crippen molar-refractivity contribution in [2.24, 2.45) is 0 Å². The number of esters is 1. The number of aromatic nitrogens is 1. The molecule has 5 heteroatoms. The number of nitrogens with zero attached hydrogens (tertiary/aromatic N) is 1. The van der Waals surface area contributed by atoms with Gasteiger partial charge in [0, 0.05) is 0 Å². The molecule has 0 aliphatic rings. The summed E-state index contributed by atoms with van der Waals surface area (Å²) in [7, 11) is 2.80. The number of pyridine rings is 1. The highest BCUT2D eigenvalue weighted by Crippen LogP contribution is 2.17. The van der Waals surface area contributed by atoms with Gasteiger partial charge < -0.3 is 14.6 Å². The largest absolute Gasteiger partial charge is 0.495 e. The number of aliphatic hydroxyl groups is 1. The lowest BCUT2D eigenvalue weighted by Crippen LogP contribution is -2.09. The van der Waals surface area contributed by atoms with Crippen LogP contribution in [0.3, 0.4) is 0 Å². The van der Waals surface area contributed by atoms with Crippen LogP contribution in [0.25, 0.3) is 0 Å². The summed E-state index contributed by atoms with van der Waals surface area (Å²) < 4.78 is 9.35. The van der Waals surface area contributed by atoms with Crippen LogP contribution in [0.1, 0.15) is 18.2 Å². The Morgan fingerprint density at radius 3 is 2.73 bits per heavy atom. The minimum atomic E-state index is -0.941. The lowest BCUT2D eigenvalue weighted by atomic mass is 10.1. The van der Waals surface area contributed by atoms with E-state index in [4.69, 9.17) is 4.74 Å². The van der Waals surface area contributed by atoms with E-state index in [2.05, 4.69) is 9.72 Å². The highest BCUT2D eigenvalue weighted by Gasteiger charge is 2.14. The Bertz CT molecular complexity index is 323. The van der Waals surface area contributed by atoms with Crippen LogP contribution in [-0.4, -0.2) is 30.3 Å². The summed E-state index contributed by atoms with van der Waals surface area (Å²) in [4.78, 5) is 14.8. The molecule has 1 rings (SSSR count). The zero-order valence-corrected chi connectivity index (χ0v) is 8.64. The van der Waals surface area contributed by atoms with Gasteiger partial charge >= 0.3 is 5.97 Å². The molecule has 0 amide bonds. The van der Waals surface area contributed by atoms with Crippen LogP contribution < -0.4 is 4.74 Å². The van der Waals surface area contributed by atoms with Crippen LogP contribution in [-0.2, 0) is 9.53 Å². The SMILES string of the molecule is COC(=O)C[C@@H](O)c1ccc(OC)cn1. The molecular formula is C10H13NO4. The summed E-state index contributed by atoms with van der Waals surface area (Å²) in [6.45, 7) is 0. The van der Waals surface area contributed by atoms with Crippen LogP contribution >= 0.6 is 0 Å². The molecule has 1 heterocycles. The molecule has 0 unspecified atom stereocenters. The Hall–Kier alpha value is -1.62. The maximum atomic E-state index is 10.9. The van der Waals surface area contributed by atoms with Crippen molar-refractivity contribution in [3.05, 3.63) is 24.0 Å². The van der Waals surface area contributed by atoms with E-state index in [1.165, 1.54) is 20.4 Å². The van der Waals surface area contributed by atoms with E-state index in [0.717, 1.165) is 0 Å². The molecule has 15 heavy (non-hydrogen) atoms. The average molecular weight is 211 g/mol. The van der Waals surface area contributed by atoms with Crippen molar-refractivity contribution in [2.45, 2.75) is 12.5 Å². The summed E-state index contributed by atoms with van der Waals surface area (Å²) in [5, 5.41) is 9.58. The van der Waals surface area contributed by atoms with Crippen LogP contribution in [0.5, 0.6) is 5.75 Å². The monoisotopic (exact) mass is 211 g/mol. The first-order chi connectivity index (χ1) is 7.17. The summed E-state index contributed by atoms with van der Waals surface area (Å²) in [6.07, 6.45) is 0.439. The second-order valence-corrected chi connectivity index (χ2v) is 2.92. The van der Waals surface area contributed by atoms with E-state index < -0.39 is 12.1 Å². The molecule has 0 spiro atoms. The van der Waals surface area contributed by atoms with E-state index in [1.807, 2.05) is 0 Å². The molecule has 0 radical (unpaired) electrons. The highest BCUT2D eigenvalue weighted by atomic mass is 16.5. The minimum absolute atomic E-state index is 0.101. The van der Waals surface area contributed by atoms with Gasteiger partial charge in [-0.1, -0.05) is 0 Å². The summed E-state index contributed by atoms with van der Waals surface area (Å²) in [5.41, 5.74) is 0.418. The van der Waals surface area contributed by atoms with E-state index in [9.17, 15) is 9.90 Å². The number of carbonyl (C=O) groups is 1. The van der Waals surface area contributed by atoms with E-state index >= 15 is 0 Å². The number of methoxy groups -OCH3 is 2. The number of hydrogen-bond acceptors (Lipinski definition) is 5. The number of aliphatic hydroxyl groups excluding tert-OH is 1. The van der Waals surface area contributed by atoms with E-state index in [1.54, 1.807) is 12.1 Å². The van der Waals surface area contributed by atoms with Crippen molar-refractivity contribution < 1.29 is 19.4 Å². The van der Waals surface area contributed by atoms with Crippen molar-refractivity contribution in [1.29, 1.82) is 0 Å². The second-order valence-electron chi connectivity index (χ2n) is 2.92. The normalized spacial score (nSPS) is 11.9. The quantitative estimate of drug-likeness (QED) is 0.742. The van der Waals surface area contributed by atoms with E-state index in [0.29, 0.717) is 11.4 Å². The zero-order chi connectivity index (χ0) is 11.3. The summed E-state index contributed by atoms with van der Waals surface area (Å²) >= 11 is 0. The second kappa shape index (κ2) is 5.31. The van der Waals surface area contributed by atoms with Crippen LogP contribution in [0.15, 0.2) is 18.3 Å². The third-order valence-electron chi connectivity index (χ3n) is 1.92. The molecule has 0 aliphatic heterocycles. The Morgan fingerprint density at radius 2 is 2.27 bits per heavy atom. The predicted molar refractivity (Wildman–Crippen MR) is 52.4 cm³/mol. The molecule has 0 aromatic carbocycles. The molecule has 0 saturated heterocycles. The lowest BCUT2D eigenvalue weighted by molar-refractivity contribution is -0.142. The fourth-order valence-electron chi connectivity index (χ4n) is 1.06. The Balaban J connectivity index is 2.65. The molecule has 0 bridgehead atoms. The molecule has 1 aromatic heterocycles. The fraction of sp³-hybridized carbons (Fsp3) is 0.400. The van der Waals surface area contributed by atoms with Crippen molar-refractivity contribution in [3.8, 4) is 5.75 Å². The first-order valence-electron chi connectivity index (χ1n) is 4.42. The van der Waals surface area contributed by atoms with Crippen LogP contribution in [0, 0.1) is 0 Å². The smallest absolute Gasteiger partial charge is 0.308 e. The molecule has 0 fully saturated rings. The predicted octanol–water partition coefficient (Wildman–Crippen LogP) is 0.687. The molecule has 0 saturated carbocycles. The third kappa shape index (κ3) is 3.21. The van der Waals surface area contributed by atoms with Gasteiger partial charge in [0.2, 0.25) is 0 Å². The number of carbonyl (C=O) groups excluding carboxylic acids is 1. The topological polar surface area (TPSA) is 68.7 Å². The Labute approximate surface area is 87.7 Å². The fourth-order valence-corrected chi connectivity index (χ4v) is 1.06. The van der Waals surface area contributed by atoms with Crippen molar-refractivity contribution in [1.82, 2.24) is 4.98 Å². The highest BCUT2D eigenvalue weighted by molar-refractivity contribution is 5.69. The molecular weight excluding hydrogens is 198 g/mol. The number of rotatable bonds is 4. The molecule has 5 nitrogen and oxygen atoms in total. The number of ether oxygens (including phenoxy) is 2. The van der Waals surface area contributed by atoms with Gasteiger partial charge in [0.05, 0.1) is 32.5 Å². The first kappa shape index (κ1) is 11.5. The van der Waals surface area contributed by atoms with Gasteiger partial charge in [-0.3, -0.25) is 9.78 Å². The molecule has 82 valence electrons. The Morgan fingerprint density at radius 1 is 1.53 bits per heavy atom. The molecule has 0 aliphatic carbocycles. The summed E-state index contributed by atoms with van der Waals surface area (Å²) in [6, 6.07) is 3.27. The first-order valence-corrected chi connectivity index (χ1v) is 4.42. The van der Waals surface area contributed by atoms with Crippen molar-refractivity contribution in [2.75, 3.05) is 14.2 Å². The van der Waals surface area contributed by atoms with Gasteiger partial charge in [0.1, 0.15) is 11.9 Å². The maximum Gasteiger partial charge on any atom is 0.308 e. The van der Waals surface area contributed by atoms with Crippen LogP contribution in [0.2, 0.25) is 0 Å². The van der Waals surface area contributed by atoms with Gasteiger partial charge in [-0.05, 0) is 12.1 Å². The standard InChI is InChI=1S/C10H13NO4/c1-14-7-3-4-8(11-6-7)9(12)5-10(13)15-2/h3-4,6,9,12H,5H2,1-2H3/t9-/m1/s1. The zero-order valence-electron chi connectivity index (χ0n) is 8.64. The third-order valence-corrected chi connectivity index (χ3v) is 1.92. The Kier molecular flexibility index (Phi) is 4.05. The van der Waals surface area contributed by atoms with Crippen LogP contribution in [0.4, 0.5) is 0 Å². The average Bonchev–Trinajstić information content (AvgIpc) is 2.29. The van der Waals surface area contributed by atoms with Crippen molar-refractivity contribution in [3.63, 3.8) is 0 Å². The van der Waals surface area contributed by atoms with Gasteiger partial charge in [-0.25, -0.2) is 0 Å². The van der Waals surface area contributed by atoms with Gasteiger partial charge in [-0.15, -0.1) is 0 Å². The maximum absolute atomic E-state index is 10.9. The minimum Gasteiger partial charge on any atom is -0.495 e. The van der Waals surface area contributed by atoms with Gasteiger partial charge in [0.15, 0.2) is 0 Å². The molecule has 1 N–H and O–H groups in total. The van der Waals surface area contributed by atoms with E-state index in [-0.39, 0.29) is 6.42 Å². The van der Waals surface area contributed by atoms with Crippen molar-refractivity contribution >= 4 is 5.97 Å². The lowest BCUT2D eigenvalue weighted by Gasteiger charge is -2.08. The summed E-state index contributed by atoms with van der Waals surface area (Å²) in [5.74, 6) is 0.129. The number of hydrogen-bond donors (Lipinski definition) is 1. The van der Waals surface area contributed by atoms with Gasteiger partial charge in [-0.2, -0.15) is 0 Å². The molecule has 1 atom stereocenters. The van der Waals surface area contributed by atoms with Gasteiger partial charge in [0.25, 0.3) is 0 Å².